The molecule has 0 aromatic heterocycles. The van der Waals surface area contributed by atoms with Gasteiger partial charge in [-0.1, -0.05) is 146 Å². The molecule has 1 heterocycles. The van der Waals surface area contributed by atoms with Gasteiger partial charge in [-0.2, -0.15) is 0 Å². The van der Waals surface area contributed by atoms with E-state index in [0.29, 0.717) is 19.3 Å². The molecule has 3 unspecified atom stereocenters. The van der Waals surface area contributed by atoms with Crippen LogP contribution in [0.3, 0.4) is 0 Å². The van der Waals surface area contributed by atoms with Crippen molar-refractivity contribution in [3.63, 3.8) is 0 Å². The number of likely N-dealkylation sites (tertiary alicyclic amines) is 1. The van der Waals surface area contributed by atoms with E-state index >= 15 is 0 Å². The molecule has 0 radical (unpaired) electrons. The van der Waals surface area contributed by atoms with Crippen LogP contribution in [0.25, 0.3) is 0 Å². The Balaban J connectivity index is 1.82. The first-order chi connectivity index (χ1) is 32.8. The van der Waals surface area contributed by atoms with Crippen molar-refractivity contribution >= 4 is 23.9 Å². The van der Waals surface area contributed by atoms with Crippen LogP contribution >= 0.6 is 0 Å². The van der Waals surface area contributed by atoms with Crippen molar-refractivity contribution in [2.45, 2.75) is 232 Å². The predicted molar refractivity (Wildman–Crippen MR) is 275 cm³/mol. The fraction of sp³-hybridized carbons (Fsp3) is 0.759. The molecule has 382 valence electrons. The summed E-state index contributed by atoms with van der Waals surface area (Å²) >= 11 is 0. The Hall–Kier alpha value is -3.46. The van der Waals surface area contributed by atoms with E-state index in [1.54, 1.807) is 0 Å². The number of hydrogen-bond donors (Lipinski definition) is 0. The van der Waals surface area contributed by atoms with Crippen molar-refractivity contribution in [1.29, 1.82) is 0 Å². The van der Waals surface area contributed by atoms with Gasteiger partial charge in [0, 0.05) is 25.2 Å². The zero-order chi connectivity index (χ0) is 48.4. The number of hydrogen-bond acceptors (Lipinski definition) is 9. The monoisotopic (exact) mass is 936 g/mol. The van der Waals surface area contributed by atoms with Crippen LogP contribution in [0.2, 0.25) is 0 Å². The first-order valence-corrected chi connectivity index (χ1v) is 27.4. The number of esters is 4. The van der Waals surface area contributed by atoms with Gasteiger partial charge in [0.25, 0.3) is 0 Å². The molecule has 9 nitrogen and oxygen atoms in total. The van der Waals surface area contributed by atoms with Crippen molar-refractivity contribution in [2.24, 2.45) is 17.8 Å². The molecule has 67 heavy (non-hydrogen) atoms. The molecule has 0 bridgehead atoms. The molecule has 2 fully saturated rings. The van der Waals surface area contributed by atoms with Gasteiger partial charge in [-0.3, -0.25) is 19.2 Å². The molecule has 1 saturated carbocycles. The summed E-state index contributed by atoms with van der Waals surface area (Å²) in [5.41, 5.74) is 0. The minimum atomic E-state index is -0.896. The molecule has 0 N–H and O–H groups in total. The second-order valence-corrected chi connectivity index (χ2v) is 19.3. The fourth-order valence-electron chi connectivity index (χ4n) is 9.01. The fourth-order valence-corrected chi connectivity index (χ4v) is 9.01. The molecule has 1 aliphatic carbocycles. The summed E-state index contributed by atoms with van der Waals surface area (Å²) in [6, 6.07) is 0. The van der Waals surface area contributed by atoms with E-state index in [1.807, 2.05) is 0 Å². The number of carbonyl (C=O) groups is 4. The quantitative estimate of drug-likeness (QED) is 0.0257. The smallest absolute Gasteiger partial charge is 0.309 e. The maximum Gasteiger partial charge on any atom is 0.309 e. The number of carbonyl (C=O) groups excluding carboxylic acids is 4. The van der Waals surface area contributed by atoms with Crippen LogP contribution in [0.15, 0.2) is 60.8 Å². The van der Waals surface area contributed by atoms with E-state index in [9.17, 15) is 19.2 Å². The number of unbranched alkanes of at least 4 members (excludes halogenated alkanes) is 16. The second kappa shape index (κ2) is 41.5. The third-order valence-electron chi connectivity index (χ3n) is 13.3. The van der Waals surface area contributed by atoms with E-state index in [1.165, 1.54) is 51.4 Å². The van der Waals surface area contributed by atoms with Crippen LogP contribution in [-0.2, 0) is 38.1 Å². The highest BCUT2D eigenvalue weighted by Gasteiger charge is 2.40. The number of nitrogens with zero attached hydrogens (tertiary/aromatic N) is 1. The summed E-state index contributed by atoms with van der Waals surface area (Å²) in [5, 5.41) is 0. The minimum Gasteiger partial charge on any atom is -0.462 e. The van der Waals surface area contributed by atoms with Crippen molar-refractivity contribution in [1.82, 2.24) is 4.90 Å². The van der Waals surface area contributed by atoms with Crippen molar-refractivity contribution in [3.8, 4) is 0 Å². The highest BCUT2D eigenvalue weighted by Crippen LogP contribution is 2.40. The predicted octanol–water partition coefficient (Wildman–Crippen LogP) is 14.6. The second-order valence-electron chi connectivity index (χ2n) is 19.3. The Labute approximate surface area is 409 Å². The van der Waals surface area contributed by atoms with Crippen LogP contribution in [0.4, 0.5) is 0 Å². The first kappa shape index (κ1) is 59.7. The standard InChI is InChI=1S/C58H97NO8/c1-5-8-11-13-15-17-19-21-23-25-27-29-31-33-36-39-55(60)64-48-52(49-65-56(61)40-37-34-32-30-28-26-24-22-20-18-16-14-12-9-6-2)66-57(62)47-51-41-42-54(53(51)38-35-10-7-3)67-58(63)50-43-45-59(4)46-44-50/h10,15-18,21-24,35,50-54H,5-9,11-14,19-20,25-34,36-49H2,1-4H3/b17-15-,18-16-,23-21-,24-22-,35-10-. The lowest BCUT2D eigenvalue weighted by molar-refractivity contribution is -0.168. The van der Waals surface area contributed by atoms with Gasteiger partial charge in [-0.25, -0.2) is 0 Å². The van der Waals surface area contributed by atoms with E-state index in [0.717, 1.165) is 135 Å². The third-order valence-corrected chi connectivity index (χ3v) is 13.3. The van der Waals surface area contributed by atoms with E-state index in [-0.39, 0.29) is 61.4 Å². The van der Waals surface area contributed by atoms with Gasteiger partial charge in [-0.15, -0.1) is 0 Å². The summed E-state index contributed by atoms with van der Waals surface area (Å²) in [7, 11) is 2.08. The lowest BCUT2D eigenvalue weighted by Gasteiger charge is -2.30. The summed E-state index contributed by atoms with van der Waals surface area (Å²) in [6.07, 6.45) is 51.0. The van der Waals surface area contributed by atoms with Gasteiger partial charge < -0.3 is 23.8 Å². The molecule has 9 heteroatoms. The SMILES string of the molecule is CC/C=C\CC1C(CC(=O)OC(COC(=O)CCCCCCC/C=C\C/C=C\CCCCC)COC(=O)CCCCCCC/C=C\C/C=C\CCCCC)CCC1OC(=O)C1CCN(C)CC1. The molecule has 3 atom stereocenters. The number of piperidine rings is 1. The van der Waals surface area contributed by atoms with Gasteiger partial charge in [0.2, 0.25) is 0 Å². The van der Waals surface area contributed by atoms with Gasteiger partial charge >= 0.3 is 23.9 Å². The average Bonchev–Trinajstić information content (AvgIpc) is 3.69. The number of allylic oxidation sites excluding steroid dienone is 10. The molecule has 2 aliphatic rings. The summed E-state index contributed by atoms with van der Waals surface area (Å²) < 4.78 is 23.4. The lowest BCUT2D eigenvalue weighted by atomic mass is 9.88. The zero-order valence-corrected chi connectivity index (χ0v) is 43.1. The van der Waals surface area contributed by atoms with Crippen LogP contribution in [-0.4, -0.2) is 74.3 Å². The molecule has 0 amide bonds. The van der Waals surface area contributed by atoms with Crippen LogP contribution in [0, 0.1) is 17.8 Å². The average molecular weight is 936 g/mol. The van der Waals surface area contributed by atoms with E-state index in [2.05, 4.69) is 93.5 Å². The van der Waals surface area contributed by atoms with Gasteiger partial charge in [-0.05, 0) is 142 Å². The van der Waals surface area contributed by atoms with Crippen molar-refractivity contribution in [3.05, 3.63) is 60.8 Å². The normalized spacial score (nSPS) is 18.4. The maximum atomic E-state index is 13.6. The highest BCUT2D eigenvalue weighted by atomic mass is 16.6. The number of ether oxygens (including phenoxy) is 4. The molecule has 1 saturated heterocycles. The third kappa shape index (κ3) is 32.1. The van der Waals surface area contributed by atoms with Gasteiger partial charge in [0.05, 0.1) is 5.92 Å². The van der Waals surface area contributed by atoms with E-state index < -0.39 is 12.1 Å². The van der Waals surface area contributed by atoms with Gasteiger partial charge in [0.15, 0.2) is 6.10 Å². The molecular formula is C58H97NO8. The van der Waals surface area contributed by atoms with Gasteiger partial charge in [0.1, 0.15) is 19.3 Å². The van der Waals surface area contributed by atoms with Crippen LogP contribution in [0.5, 0.6) is 0 Å². The van der Waals surface area contributed by atoms with E-state index in [4.69, 9.17) is 18.9 Å². The largest absolute Gasteiger partial charge is 0.462 e. The minimum absolute atomic E-state index is 0.00672. The molecule has 0 aromatic rings. The van der Waals surface area contributed by atoms with Crippen molar-refractivity contribution < 1.29 is 38.1 Å². The molecular weight excluding hydrogens is 839 g/mol. The first-order valence-electron chi connectivity index (χ1n) is 27.4. The summed E-state index contributed by atoms with van der Waals surface area (Å²) in [6.45, 7) is 8.01. The Morgan fingerprint density at radius 2 is 1.01 bits per heavy atom. The van der Waals surface area contributed by atoms with Crippen LogP contribution < -0.4 is 0 Å². The molecule has 0 spiro atoms. The lowest BCUT2D eigenvalue weighted by Crippen LogP contribution is -2.36. The Bertz CT molecular complexity index is 1360. The zero-order valence-electron chi connectivity index (χ0n) is 43.1. The summed E-state index contributed by atoms with van der Waals surface area (Å²) in [4.78, 5) is 54.7. The molecule has 2 rings (SSSR count). The van der Waals surface area contributed by atoms with Crippen LogP contribution in [0.1, 0.15) is 220 Å². The Morgan fingerprint density at radius 3 is 1.51 bits per heavy atom. The molecule has 1 aliphatic heterocycles. The summed E-state index contributed by atoms with van der Waals surface area (Å²) in [5.74, 6) is -1.31. The highest BCUT2D eigenvalue weighted by molar-refractivity contribution is 5.73. The van der Waals surface area contributed by atoms with Crippen molar-refractivity contribution in [2.75, 3.05) is 33.4 Å². The Kier molecular flexibility index (Phi) is 37.0. The number of rotatable bonds is 40. The molecule has 0 aromatic carbocycles. The topological polar surface area (TPSA) is 108 Å². The Morgan fingerprint density at radius 1 is 0.537 bits per heavy atom. The maximum absolute atomic E-state index is 13.6.